The minimum atomic E-state index is -0.446. The molecule has 0 atom stereocenters. The molecular formula is C11H18N4O3. The van der Waals surface area contributed by atoms with Crippen LogP contribution in [-0.2, 0) is 11.3 Å². The van der Waals surface area contributed by atoms with E-state index in [2.05, 4.69) is 10.1 Å². The lowest BCUT2D eigenvalue weighted by atomic mass is 10.1. The fraction of sp³-hybridized carbons (Fsp3) is 0.636. The average molecular weight is 254 g/mol. The molecule has 2 rings (SSSR count). The van der Waals surface area contributed by atoms with Crippen LogP contribution in [-0.4, -0.2) is 42.3 Å². The van der Waals surface area contributed by atoms with Crippen LogP contribution in [0.5, 0.6) is 0 Å². The topological polar surface area (TPSA) is 93.6 Å². The molecule has 0 saturated carbocycles. The van der Waals surface area contributed by atoms with Crippen molar-refractivity contribution in [3.63, 3.8) is 0 Å². The van der Waals surface area contributed by atoms with Crippen molar-refractivity contribution in [2.24, 2.45) is 5.84 Å². The van der Waals surface area contributed by atoms with E-state index in [9.17, 15) is 4.79 Å². The molecule has 0 aliphatic carbocycles. The third kappa shape index (κ3) is 3.06. The fourth-order valence-corrected chi connectivity index (χ4v) is 2.07. The minimum absolute atomic E-state index is 0.202. The zero-order valence-corrected chi connectivity index (χ0v) is 10.4. The van der Waals surface area contributed by atoms with E-state index >= 15 is 0 Å². The van der Waals surface area contributed by atoms with E-state index in [1.165, 1.54) is 0 Å². The van der Waals surface area contributed by atoms with E-state index in [0.29, 0.717) is 18.3 Å². The molecule has 1 aliphatic heterocycles. The van der Waals surface area contributed by atoms with Crippen LogP contribution < -0.4 is 11.3 Å². The first-order valence-corrected chi connectivity index (χ1v) is 5.95. The van der Waals surface area contributed by atoms with Crippen molar-refractivity contribution in [1.82, 2.24) is 15.5 Å². The second-order valence-corrected chi connectivity index (χ2v) is 4.41. The van der Waals surface area contributed by atoms with Crippen molar-refractivity contribution >= 4 is 5.91 Å². The first-order valence-electron chi connectivity index (χ1n) is 5.95. The first kappa shape index (κ1) is 13.0. The molecule has 1 aromatic rings. The Labute approximate surface area is 105 Å². The van der Waals surface area contributed by atoms with Gasteiger partial charge in [0.1, 0.15) is 0 Å². The van der Waals surface area contributed by atoms with E-state index in [-0.39, 0.29) is 5.69 Å². The van der Waals surface area contributed by atoms with Crippen molar-refractivity contribution in [2.75, 3.05) is 20.3 Å². The van der Waals surface area contributed by atoms with Gasteiger partial charge in [0.2, 0.25) is 0 Å². The number of rotatable bonds is 4. The summed E-state index contributed by atoms with van der Waals surface area (Å²) in [6, 6.07) is 2.09. The highest BCUT2D eigenvalue weighted by atomic mass is 16.5. The van der Waals surface area contributed by atoms with Crippen LogP contribution in [0.3, 0.4) is 0 Å². The van der Waals surface area contributed by atoms with Crippen LogP contribution in [0.15, 0.2) is 10.6 Å². The summed E-state index contributed by atoms with van der Waals surface area (Å²) in [6.07, 6.45) is 2.03. The lowest BCUT2D eigenvalue weighted by Crippen LogP contribution is -2.36. The summed E-state index contributed by atoms with van der Waals surface area (Å²) in [7, 11) is 2.03. The Balaban J connectivity index is 1.92. The predicted octanol–water partition coefficient (Wildman–Crippen LogP) is -0.111. The van der Waals surface area contributed by atoms with Crippen molar-refractivity contribution in [3.05, 3.63) is 17.5 Å². The van der Waals surface area contributed by atoms with Crippen LogP contribution >= 0.6 is 0 Å². The number of aromatic nitrogens is 1. The smallest absolute Gasteiger partial charge is 0.287 e. The maximum Gasteiger partial charge on any atom is 0.287 e. The molecule has 0 unspecified atom stereocenters. The quantitative estimate of drug-likeness (QED) is 0.442. The zero-order chi connectivity index (χ0) is 13.0. The molecule has 1 fully saturated rings. The van der Waals surface area contributed by atoms with Gasteiger partial charge in [0.15, 0.2) is 11.5 Å². The van der Waals surface area contributed by atoms with Gasteiger partial charge in [-0.2, -0.15) is 0 Å². The summed E-state index contributed by atoms with van der Waals surface area (Å²) in [4.78, 5) is 13.4. The standard InChI is InChI=1S/C11H18N4O3/c1-15(8-2-4-17-5-3-8)7-9-6-10(14-18-9)11(16)13-12/h6,8H,2-5,7,12H2,1H3,(H,13,16). The van der Waals surface area contributed by atoms with Crippen molar-refractivity contribution in [2.45, 2.75) is 25.4 Å². The SMILES string of the molecule is CN(Cc1cc(C(=O)NN)no1)C1CCOCC1. The van der Waals surface area contributed by atoms with Crippen LogP contribution in [0.1, 0.15) is 29.1 Å². The van der Waals surface area contributed by atoms with E-state index in [4.69, 9.17) is 15.1 Å². The van der Waals surface area contributed by atoms with Gasteiger partial charge in [-0.05, 0) is 19.9 Å². The fourth-order valence-electron chi connectivity index (χ4n) is 2.07. The van der Waals surface area contributed by atoms with Crippen LogP contribution in [0.2, 0.25) is 0 Å². The third-order valence-electron chi connectivity index (χ3n) is 3.14. The van der Waals surface area contributed by atoms with Crippen LogP contribution in [0, 0.1) is 0 Å². The van der Waals surface area contributed by atoms with Gasteiger partial charge < -0.3 is 9.26 Å². The van der Waals surface area contributed by atoms with E-state index in [0.717, 1.165) is 26.1 Å². The summed E-state index contributed by atoms with van der Waals surface area (Å²) in [6.45, 7) is 2.22. The predicted molar refractivity (Wildman–Crippen MR) is 63.5 cm³/mol. The number of carbonyl (C=O) groups is 1. The lowest BCUT2D eigenvalue weighted by Gasteiger charge is -2.30. The van der Waals surface area contributed by atoms with Gasteiger partial charge in [-0.1, -0.05) is 5.16 Å². The molecular weight excluding hydrogens is 236 g/mol. The average Bonchev–Trinajstić information content (AvgIpc) is 2.87. The van der Waals surface area contributed by atoms with Gasteiger partial charge in [-0.15, -0.1) is 0 Å². The minimum Gasteiger partial charge on any atom is -0.381 e. The van der Waals surface area contributed by atoms with Gasteiger partial charge in [0.25, 0.3) is 5.91 Å². The molecule has 1 aromatic heterocycles. The number of nitrogens with two attached hydrogens (primary N) is 1. The molecule has 7 heteroatoms. The number of nitrogens with one attached hydrogen (secondary N) is 1. The molecule has 100 valence electrons. The van der Waals surface area contributed by atoms with Crippen molar-refractivity contribution in [3.8, 4) is 0 Å². The van der Waals surface area contributed by atoms with E-state index in [1.807, 2.05) is 12.5 Å². The van der Waals surface area contributed by atoms with E-state index < -0.39 is 5.91 Å². The molecule has 2 heterocycles. The summed E-state index contributed by atoms with van der Waals surface area (Å²) in [5, 5.41) is 3.67. The van der Waals surface area contributed by atoms with Crippen LogP contribution in [0.25, 0.3) is 0 Å². The molecule has 0 radical (unpaired) electrons. The first-order chi connectivity index (χ1) is 8.70. The number of nitrogen functional groups attached to an aromatic ring is 1. The maximum atomic E-state index is 11.2. The van der Waals surface area contributed by atoms with Gasteiger partial charge in [0.05, 0.1) is 6.54 Å². The largest absolute Gasteiger partial charge is 0.381 e. The molecule has 18 heavy (non-hydrogen) atoms. The highest BCUT2D eigenvalue weighted by Crippen LogP contribution is 2.16. The molecule has 0 spiro atoms. The Kier molecular flexibility index (Phi) is 4.29. The Morgan fingerprint density at radius 3 is 3.00 bits per heavy atom. The van der Waals surface area contributed by atoms with Gasteiger partial charge in [-0.25, -0.2) is 5.84 Å². The Morgan fingerprint density at radius 1 is 1.61 bits per heavy atom. The molecule has 3 N–H and O–H groups in total. The molecule has 1 saturated heterocycles. The number of amides is 1. The Bertz CT molecular complexity index is 401. The lowest BCUT2D eigenvalue weighted by molar-refractivity contribution is 0.0381. The highest BCUT2D eigenvalue weighted by Gasteiger charge is 2.20. The number of hydrogen-bond donors (Lipinski definition) is 2. The number of carbonyl (C=O) groups excluding carboxylic acids is 1. The van der Waals surface area contributed by atoms with Gasteiger partial charge >= 0.3 is 0 Å². The summed E-state index contributed by atoms with van der Waals surface area (Å²) in [5.41, 5.74) is 2.22. The summed E-state index contributed by atoms with van der Waals surface area (Å²) < 4.78 is 10.4. The highest BCUT2D eigenvalue weighted by molar-refractivity contribution is 5.91. The van der Waals surface area contributed by atoms with Crippen molar-refractivity contribution < 1.29 is 14.1 Å². The number of nitrogens with zero attached hydrogens (tertiary/aromatic N) is 2. The van der Waals surface area contributed by atoms with Gasteiger partial charge in [-0.3, -0.25) is 15.1 Å². The molecule has 1 amide bonds. The van der Waals surface area contributed by atoms with Crippen LogP contribution in [0.4, 0.5) is 0 Å². The molecule has 0 bridgehead atoms. The normalized spacial score (nSPS) is 17.1. The molecule has 7 nitrogen and oxygen atoms in total. The van der Waals surface area contributed by atoms with Gasteiger partial charge in [0, 0.05) is 25.3 Å². The molecule has 1 aliphatic rings. The van der Waals surface area contributed by atoms with E-state index in [1.54, 1.807) is 6.07 Å². The Hall–Kier alpha value is -1.44. The molecule has 0 aromatic carbocycles. The number of ether oxygens (including phenoxy) is 1. The second-order valence-electron chi connectivity index (χ2n) is 4.41. The number of hydrazine groups is 1. The monoisotopic (exact) mass is 254 g/mol. The third-order valence-corrected chi connectivity index (χ3v) is 3.14. The Morgan fingerprint density at radius 2 is 2.33 bits per heavy atom. The summed E-state index contributed by atoms with van der Waals surface area (Å²) in [5.74, 6) is 5.24. The maximum absolute atomic E-state index is 11.2. The van der Waals surface area contributed by atoms with Crippen molar-refractivity contribution in [1.29, 1.82) is 0 Å². The number of hydrogen-bond acceptors (Lipinski definition) is 6. The zero-order valence-electron chi connectivity index (χ0n) is 10.4. The second kappa shape index (κ2) is 5.94. The summed E-state index contributed by atoms with van der Waals surface area (Å²) >= 11 is 0.